The monoisotopic (exact) mass is 247 g/mol. The van der Waals surface area contributed by atoms with Crippen molar-refractivity contribution in [1.82, 2.24) is 15.1 Å². The molecule has 0 saturated heterocycles. The van der Waals surface area contributed by atoms with E-state index in [0.29, 0.717) is 0 Å². The zero-order valence-corrected chi connectivity index (χ0v) is 10.8. The van der Waals surface area contributed by atoms with Crippen molar-refractivity contribution in [2.24, 2.45) is 7.05 Å². The summed E-state index contributed by atoms with van der Waals surface area (Å²) in [6.45, 7) is 0.980. The zero-order chi connectivity index (χ0) is 13.0. The minimum absolute atomic E-state index is 0.209. The molecule has 0 aliphatic rings. The Labute approximate surface area is 107 Å². The van der Waals surface area contributed by atoms with Crippen molar-refractivity contribution in [3.63, 3.8) is 0 Å². The quantitative estimate of drug-likeness (QED) is 0.822. The fourth-order valence-corrected chi connectivity index (χ4v) is 2.06. The average Bonchev–Trinajstić information content (AvgIpc) is 2.73. The summed E-state index contributed by atoms with van der Waals surface area (Å²) >= 11 is 0. The van der Waals surface area contributed by atoms with Gasteiger partial charge in [-0.15, -0.1) is 0 Å². The van der Waals surface area contributed by atoms with Crippen molar-refractivity contribution in [2.45, 2.75) is 12.8 Å². The molecule has 0 atom stereocenters. The Hall–Kier alpha value is -1.68. The number of benzene rings is 1. The third kappa shape index (κ3) is 2.76. The predicted octanol–water partition coefficient (Wildman–Crippen LogP) is 2.38. The van der Waals surface area contributed by atoms with Crippen molar-refractivity contribution in [3.05, 3.63) is 42.0 Å². The van der Waals surface area contributed by atoms with E-state index in [-0.39, 0.29) is 5.82 Å². The van der Waals surface area contributed by atoms with Gasteiger partial charge >= 0.3 is 0 Å². The van der Waals surface area contributed by atoms with Gasteiger partial charge in [0.1, 0.15) is 5.82 Å². The second-order valence-electron chi connectivity index (χ2n) is 4.34. The number of nitrogens with one attached hydrogen (secondary N) is 1. The highest BCUT2D eigenvalue weighted by Gasteiger charge is 2.10. The molecule has 0 aliphatic carbocycles. The molecule has 2 aromatic rings. The molecule has 0 aliphatic heterocycles. The van der Waals surface area contributed by atoms with E-state index in [1.54, 1.807) is 12.1 Å². The number of aryl methyl sites for hydroxylation is 1. The first-order valence-corrected chi connectivity index (χ1v) is 6.14. The maximum absolute atomic E-state index is 12.9. The van der Waals surface area contributed by atoms with Crippen LogP contribution >= 0.6 is 0 Å². The van der Waals surface area contributed by atoms with Crippen LogP contribution < -0.4 is 5.32 Å². The van der Waals surface area contributed by atoms with Crippen molar-refractivity contribution < 1.29 is 4.39 Å². The number of aromatic nitrogens is 2. The Morgan fingerprint density at radius 1 is 1.28 bits per heavy atom. The first-order chi connectivity index (χ1) is 8.72. The van der Waals surface area contributed by atoms with Crippen LogP contribution in [0.4, 0.5) is 4.39 Å². The highest BCUT2D eigenvalue weighted by Crippen LogP contribution is 2.24. The first-order valence-electron chi connectivity index (χ1n) is 6.14. The lowest BCUT2D eigenvalue weighted by Crippen LogP contribution is -2.10. The number of rotatable bonds is 5. The summed E-state index contributed by atoms with van der Waals surface area (Å²) in [5.74, 6) is -0.209. The van der Waals surface area contributed by atoms with Crippen molar-refractivity contribution in [1.29, 1.82) is 0 Å². The fourth-order valence-electron chi connectivity index (χ4n) is 2.06. The van der Waals surface area contributed by atoms with Crippen LogP contribution in [0.5, 0.6) is 0 Å². The van der Waals surface area contributed by atoms with Gasteiger partial charge in [0.15, 0.2) is 0 Å². The van der Waals surface area contributed by atoms with E-state index >= 15 is 0 Å². The molecule has 0 radical (unpaired) electrons. The van der Waals surface area contributed by atoms with Crippen LogP contribution in [0.3, 0.4) is 0 Å². The van der Waals surface area contributed by atoms with Gasteiger partial charge in [-0.05, 0) is 44.1 Å². The Morgan fingerprint density at radius 2 is 2.00 bits per heavy atom. The molecule has 18 heavy (non-hydrogen) atoms. The van der Waals surface area contributed by atoms with Crippen molar-refractivity contribution >= 4 is 0 Å². The Bertz CT molecular complexity index is 502. The van der Waals surface area contributed by atoms with Gasteiger partial charge in [0.05, 0.1) is 6.20 Å². The van der Waals surface area contributed by atoms with Gasteiger partial charge in [0.2, 0.25) is 0 Å². The Kier molecular flexibility index (Phi) is 4.10. The highest BCUT2D eigenvalue weighted by atomic mass is 19.1. The molecular weight excluding hydrogens is 229 g/mol. The Balaban J connectivity index is 2.24. The van der Waals surface area contributed by atoms with Gasteiger partial charge < -0.3 is 5.32 Å². The van der Waals surface area contributed by atoms with E-state index in [9.17, 15) is 4.39 Å². The molecule has 1 N–H and O–H groups in total. The normalized spacial score (nSPS) is 10.8. The van der Waals surface area contributed by atoms with Gasteiger partial charge in [0.25, 0.3) is 0 Å². The molecular formula is C14H18FN3. The summed E-state index contributed by atoms with van der Waals surface area (Å²) in [4.78, 5) is 0. The molecule has 1 aromatic heterocycles. The zero-order valence-electron chi connectivity index (χ0n) is 10.8. The predicted molar refractivity (Wildman–Crippen MR) is 70.8 cm³/mol. The van der Waals surface area contributed by atoms with Gasteiger partial charge in [-0.3, -0.25) is 4.68 Å². The minimum atomic E-state index is -0.209. The largest absolute Gasteiger partial charge is 0.320 e. The number of halogens is 1. The second kappa shape index (κ2) is 5.78. The summed E-state index contributed by atoms with van der Waals surface area (Å²) < 4.78 is 14.8. The van der Waals surface area contributed by atoms with Crippen LogP contribution in [-0.2, 0) is 13.5 Å². The molecule has 0 saturated carbocycles. The minimum Gasteiger partial charge on any atom is -0.320 e. The fraction of sp³-hybridized carbons (Fsp3) is 0.357. The summed E-state index contributed by atoms with van der Waals surface area (Å²) in [7, 11) is 3.89. The molecule has 4 heteroatoms. The van der Waals surface area contributed by atoms with Gasteiger partial charge in [-0.1, -0.05) is 12.1 Å². The van der Waals surface area contributed by atoms with Crippen LogP contribution in [-0.4, -0.2) is 23.4 Å². The molecule has 1 aromatic carbocycles. The van der Waals surface area contributed by atoms with E-state index in [4.69, 9.17) is 0 Å². The molecule has 1 heterocycles. The maximum Gasteiger partial charge on any atom is 0.123 e. The molecule has 0 bridgehead atoms. The molecule has 0 spiro atoms. The van der Waals surface area contributed by atoms with Gasteiger partial charge in [-0.25, -0.2) is 4.39 Å². The van der Waals surface area contributed by atoms with E-state index in [1.807, 2.05) is 25.0 Å². The number of hydrogen-bond acceptors (Lipinski definition) is 2. The second-order valence-corrected chi connectivity index (χ2v) is 4.34. The molecule has 3 nitrogen and oxygen atoms in total. The standard InChI is InChI=1S/C14H18FN3/c1-16-9-3-4-14-13(10-17-18(14)2)11-5-7-12(15)8-6-11/h5-8,10,16H,3-4,9H2,1-2H3. The SMILES string of the molecule is CNCCCc1c(-c2ccc(F)cc2)cnn1C. The van der Waals surface area contributed by atoms with Crippen LogP contribution in [0.15, 0.2) is 30.5 Å². The highest BCUT2D eigenvalue weighted by molar-refractivity contribution is 5.65. The lowest BCUT2D eigenvalue weighted by Gasteiger charge is -2.06. The lowest BCUT2D eigenvalue weighted by molar-refractivity contribution is 0.628. The van der Waals surface area contributed by atoms with Gasteiger partial charge in [0, 0.05) is 18.3 Å². The van der Waals surface area contributed by atoms with Crippen LogP contribution in [0.25, 0.3) is 11.1 Å². The smallest absolute Gasteiger partial charge is 0.123 e. The van der Waals surface area contributed by atoms with E-state index in [0.717, 1.165) is 30.5 Å². The van der Waals surface area contributed by atoms with E-state index in [2.05, 4.69) is 10.4 Å². The molecule has 0 fully saturated rings. The summed E-state index contributed by atoms with van der Waals surface area (Å²) in [6.07, 6.45) is 3.87. The molecule has 96 valence electrons. The van der Waals surface area contributed by atoms with Crippen molar-refractivity contribution in [3.8, 4) is 11.1 Å². The van der Waals surface area contributed by atoms with Crippen LogP contribution in [0.1, 0.15) is 12.1 Å². The summed E-state index contributed by atoms with van der Waals surface area (Å²) in [5, 5.41) is 7.43. The van der Waals surface area contributed by atoms with Crippen LogP contribution in [0.2, 0.25) is 0 Å². The van der Waals surface area contributed by atoms with Gasteiger partial charge in [-0.2, -0.15) is 5.10 Å². The third-order valence-electron chi connectivity index (χ3n) is 3.06. The lowest BCUT2D eigenvalue weighted by atomic mass is 10.0. The third-order valence-corrected chi connectivity index (χ3v) is 3.06. The van der Waals surface area contributed by atoms with E-state index < -0.39 is 0 Å². The number of nitrogens with zero attached hydrogens (tertiary/aromatic N) is 2. The maximum atomic E-state index is 12.9. The molecule has 0 amide bonds. The van der Waals surface area contributed by atoms with Crippen molar-refractivity contribution in [2.75, 3.05) is 13.6 Å². The topological polar surface area (TPSA) is 29.9 Å². The molecule has 0 unspecified atom stereocenters. The Morgan fingerprint density at radius 3 is 2.67 bits per heavy atom. The number of hydrogen-bond donors (Lipinski definition) is 1. The first kappa shape index (κ1) is 12.8. The van der Waals surface area contributed by atoms with E-state index in [1.165, 1.54) is 17.8 Å². The average molecular weight is 247 g/mol. The summed E-state index contributed by atoms with van der Waals surface area (Å²) in [5.41, 5.74) is 3.30. The molecule has 2 rings (SSSR count). The summed E-state index contributed by atoms with van der Waals surface area (Å²) in [6, 6.07) is 6.57. The van der Waals surface area contributed by atoms with Crippen LogP contribution in [0, 0.1) is 5.82 Å².